The number of hydrogen-bond donors (Lipinski definition) is 0. The lowest BCUT2D eigenvalue weighted by atomic mass is 9.93. The molecule has 0 aromatic heterocycles. The van der Waals surface area contributed by atoms with Crippen LogP contribution in [0, 0.1) is 0 Å². The summed E-state index contributed by atoms with van der Waals surface area (Å²) in [6.07, 6.45) is 0.365. The van der Waals surface area contributed by atoms with Crippen LogP contribution in [0.2, 0.25) is 0 Å². The van der Waals surface area contributed by atoms with Crippen LogP contribution in [-0.4, -0.2) is 12.6 Å². The predicted octanol–water partition coefficient (Wildman–Crippen LogP) is 6.54. The van der Waals surface area contributed by atoms with Crippen molar-refractivity contribution < 1.29 is 9.53 Å². The van der Waals surface area contributed by atoms with Gasteiger partial charge < -0.3 is 4.74 Å². The van der Waals surface area contributed by atoms with E-state index >= 15 is 0 Å². The molecule has 2 aliphatic rings. The van der Waals surface area contributed by atoms with Crippen molar-refractivity contribution >= 4 is 5.97 Å². The first kappa shape index (κ1) is 18.1. The zero-order valence-electron chi connectivity index (χ0n) is 17.1. The van der Waals surface area contributed by atoms with Crippen molar-refractivity contribution in [1.29, 1.82) is 0 Å². The number of hydrogen-bond acceptors (Lipinski definition) is 2. The van der Waals surface area contributed by atoms with Gasteiger partial charge in [0.05, 0.1) is 6.42 Å². The van der Waals surface area contributed by atoms with Gasteiger partial charge in [-0.2, -0.15) is 0 Å². The number of carbonyl (C=O) groups is 1. The Labute approximate surface area is 182 Å². The highest BCUT2D eigenvalue weighted by Crippen LogP contribution is 2.47. The maximum atomic E-state index is 13.0. The molecule has 0 bridgehead atoms. The first-order valence-electron chi connectivity index (χ1n) is 10.8. The lowest BCUT2D eigenvalue weighted by molar-refractivity contribution is -0.144. The Morgan fingerprint density at radius 1 is 0.548 bits per heavy atom. The first-order valence-corrected chi connectivity index (χ1v) is 10.8. The molecule has 31 heavy (non-hydrogen) atoms. The van der Waals surface area contributed by atoms with Crippen LogP contribution < -0.4 is 0 Å². The molecule has 4 aromatic carbocycles. The van der Waals surface area contributed by atoms with Crippen LogP contribution in [0.3, 0.4) is 0 Å². The minimum absolute atomic E-state index is 0.0584. The Bertz CT molecular complexity index is 1210. The molecule has 150 valence electrons. The smallest absolute Gasteiger partial charge is 0.306 e. The van der Waals surface area contributed by atoms with Crippen molar-refractivity contribution in [2.45, 2.75) is 18.3 Å². The van der Waals surface area contributed by atoms with Crippen LogP contribution in [0.5, 0.6) is 0 Å². The summed E-state index contributed by atoms with van der Waals surface area (Å²) in [5, 5.41) is 0. The summed E-state index contributed by atoms with van der Waals surface area (Å²) in [5.74, 6) is 0.0147. The molecule has 2 aliphatic carbocycles. The van der Waals surface area contributed by atoms with Gasteiger partial charge >= 0.3 is 5.97 Å². The molecule has 0 aliphatic heterocycles. The van der Waals surface area contributed by atoms with Crippen LogP contribution in [0.1, 0.15) is 40.5 Å². The topological polar surface area (TPSA) is 26.3 Å². The van der Waals surface area contributed by atoms with E-state index in [1.807, 2.05) is 0 Å². The number of ether oxygens (including phenoxy) is 1. The van der Waals surface area contributed by atoms with E-state index in [1.54, 1.807) is 0 Å². The summed E-state index contributed by atoms with van der Waals surface area (Å²) in [7, 11) is 0. The summed E-state index contributed by atoms with van der Waals surface area (Å²) in [6, 6.07) is 33.7. The lowest BCUT2D eigenvalue weighted by Gasteiger charge is -2.16. The molecular formula is C29H22O2. The Balaban J connectivity index is 1.24. The molecule has 0 spiro atoms. The van der Waals surface area contributed by atoms with Crippen molar-refractivity contribution in [1.82, 2.24) is 0 Å². The number of esters is 1. The monoisotopic (exact) mass is 402 g/mol. The molecule has 2 nitrogen and oxygen atoms in total. The van der Waals surface area contributed by atoms with Crippen molar-refractivity contribution in [2.24, 2.45) is 0 Å². The summed E-state index contributed by atoms with van der Waals surface area (Å²) in [5.41, 5.74) is 9.88. The van der Waals surface area contributed by atoms with Crippen molar-refractivity contribution in [3.05, 3.63) is 119 Å². The average molecular weight is 402 g/mol. The third-order valence-corrected chi connectivity index (χ3v) is 6.71. The highest BCUT2D eigenvalue weighted by atomic mass is 16.5. The maximum absolute atomic E-state index is 13.0. The third kappa shape index (κ3) is 2.90. The van der Waals surface area contributed by atoms with E-state index in [4.69, 9.17) is 4.74 Å². The van der Waals surface area contributed by atoms with E-state index in [2.05, 4.69) is 97.1 Å². The molecule has 2 heteroatoms. The van der Waals surface area contributed by atoms with Gasteiger partial charge in [0, 0.05) is 11.8 Å². The SMILES string of the molecule is O=C(CC1c2ccccc2-c2ccccc21)OCC1c2ccccc2-c2ccccc21. The second-order valence-corrected chi connectivity index (χ2v) is 8.34. The molecule has 0 radical (unpaired) electrons. The molecule has 0 unspecified atom stereocenters. The van der Waals surface area contributed by atoms with Gasteiger partial charge in [-0.25, -0.2) is 0 Å². The van der Waals surface area contributed by atoms with Gasteiger partial charge in [-0.05, 0) is 44.5 Å². The van der Waals surface area contributed by atoms with Crippen LogP contribution in [0.4, 0.5) is 0 Å². The maximum Gasteiger partial charge on any atom is 0.306 e. The van der Waals surface area contributed by atoms with E-state index in [0.717, 1.165) is 0 Å². The standard InChI is InChI=1S/C29H22O2/c30-29(17-27-23-13-5-1-9-19(23)20-10-2-6-14-24(20)27)31-18-28-25-15-7-3-11-21(25)22-12-4-8-16-26(22)28/h1-16,27-28H,17-18H2. The number of fused-ring (bicyclic) bond motifs is 6. The van der Waals surface area contributed by atoms with Crippen molar-refractivity contribution in [3.8, 4) is 22.3 Å². The number of carbonyl (C=O) groups excluding carboxylic acids is 1. The Hall–Kier alpha value is -3.65. The van der Waals surface area contributed by atoms with Crippen LogP contribution in [0.25, 0.3) is 22.3 Å². The molecule has 4 aromatic rings. The second kappa shape index (κ2) is 7.24. The van der Waals surface area contributed by atoms with Crippen LogP contribution in [-0.2, 0) is 9.53 Å². The van der Waals surface area contributed by atoms with E-state index < -0.39 is 0 Å². The molecule has 0 atom stereocenters. The van der Waals surface area contributed by atoms with Gasteiger partial charge in [0.25, 0.3) is 0 Å². The van der Waals surface area contributed by atoms with Gasteiger partial charge in [-0.15, -0.1) is 0 Å². The highest BCUT2D eigenvalue weighted by Gasteiger charge is 2.32. The van der Waals surface area contributed by atoms with Gasteiger partial charge in [0.2, 0.25) is 0 Å². The number of benzene rings is 4. The fraction of sp³-hybridized carbons (Fsp3) is 0.138. The Morgan fingerprint density at radius 2 is 0.903 bits per heavy atom. The third-order valence-electron chi connectivity index (χ3n) is 6.71. The van der Waals surface area contributed by atoms with E-state index in [9.17, 15) is 4.79 Å². The lowest BCUT2D eigenvalue weighted by Crippen LogP contribution is -2.15. The minimum atomic E-state index is -0.140. The van der Waals surface area contributed by atoms with Gasteiger partial charge in [-0.3, -0.25) is 4.79 Å². The van der Waals surface area contributed by atoms with E-state index in [0.29, 0.717) is 13.0 Å². The zero-order chi connectivity index (χ0) is 20.8. The molecule has 6 rings (SSSR count). The van der Waals surface area contributed by atoms with Crippen LogP contribution in [0.15, 0.2) is 97.1 Å². The van der Waals surface area contributed by atoms with Gasteiger partial charge in [-0.1, -0.05) is 97.1 Å². The highest BCUT2D eigenvalue weighted by molar-refractivity contribution is 5.83. The van der Waals surface area contributed by atoms with E-state index in [-0.39, 0.29) is 17.8 Å². The molecule has 0 heterocycles. The number of rotatable bonds is 4. The van der Waals surface area contributed by atoms with Gasteiger partial charge in [0.15, 0.2) is 0 Å². The largest absolute Gasteiger partial charge is 0.465 e. The summed E-state index contributed by atoms with van der Waals surface area (Å²) in [6.45, 7) is 0.378. The zero-order valence-corrected chi connectivity index (χ0v) is 17.1. The molecular weight excluding hydrogens is 380 g/mol. The molecule has 0 fully saturated rings. The van der Waals surface area contributed by atoms with E-state index in [1.165, 1.54) is 44.5 Å². The van der Waals surface area contributed by atoms with Crippen molar-refractivity contribution in [2.75, 3.05) is 6.61 Å². The quantitative estimate of drug-likeness (QED) is 0.362. The molecule has 0 saturated heterocycles. The fourth-order valence-electron chi connectivity index (χ4n) is 5.32. The fourth-order valence-corrected chi connectivity index (χ4v) is 5.32. The first-order chi connectivity index (χ1) is 15.3. The average Bonchev–Trinajstić information content (AvgIpc) is 3.31. The summed E-state index contributed by atoms with van der Waals surface area (Å²) >= 11 is 0. The molecule has 0 N–H and O–H groups in total. The minimum Gasteiger partial charge on any atom is -0.465 e. The normalized spacial score (nSPS) is 13.9. The second-order valence-electron chi connectivity index (χ2n) is 8.34. The summed E-state index contributed by atoms with van der Waals surface area (Å²) < 4.78 is 5.89. The summed E-state index contributed by atoms with van der Waals surface area (Å²) in [4.78, 5) is 13.0. The van der Waals surface area contributed by atoms with Crippen LogP contribution >= 0.6 is 0 Å². The Kier molecular flexibility index (Phi) is 4.24. The molecule has 0 saturated carbocycles. The van der Waals surface area contributed by atoms with Crippen molar-refractivity contribution in [3.63, 3.8) is 0 Å². The predicted molar refractivity (Wildman–Crippen MR) is 123 cm³/mol. The Morgan fingerprint density at radius 3 is 1.32 bits per heavy atom. The molecule has 0 amide bonds. The van der Waals surface area contributed by atoms with Gasteiger partial charge in [0.1, 0.15) is 6.61 Å².